The Labute approximate surface area is 231 Å². The number of halogens is 6. The number of ether oxygens (including phenoxy) is 3. The molecule has 0 bridgehead atoms. The number of pyridine rings is 1. The molecule has 0 aromatic carbocycles. The van der Waals surface area contributed by atoms with E-state index in [1.807, 2.05) is 4.57 Å². The smallest absolute Gasteiger partial charge is 0.423 e. The van der Waals surface area contributed by atoms with Crippen LogP contribution in [0.4, 0.5) is 37.8 Å². The topological polar surface area (TPSA) is 122 Å². The van der Waals surface area contributed by atoms with Crippen LogP contribution in [0.15, 0.2) is 23.3 Å². The Kier molecular flexibility index (Phi) is 9.43. The second-order valence-electron chi connectivity index (χ2n) is 9.47. The first-order valence-corrected chi connectivity index (χ1v) is 14.8. The number of carbonyl (C=O) groups excluding carboxylic acids is 1. The van der Waals surface area contributed by atoms with Gasteiger partial charge in [-0.1, -0.05) is 0 Å². The van der Waals surface area contributed by atoms with Crippen LogP contribution in [0.5, 0.6) is 5.75 Å². The maximum absolute atomic E-state index is 13.3. The third kappa shape index (κ3) is 7.47. The number of nitrogens with zero attached hydrogens (tertiary/aromatic N) is 4. The Morgan fingerprint density at radius 3 is 2.68 bits per heavy atom. The van der Waals surface area contributed by atoms with Gasteiger partial charge in [0.2, 0.25) is 5.91 Å². The van der Waals surface area contributed by atoms with Gasteiger partial charge in [0.05, 0.1) is 56.3 Å². The minimum atomic E-state index is -4.91. The summed E-state index contributed by atoms with van der Waals surface area (Å²) in [7, 11) is -0.490. The van der Waals surface area contributed by atoms with Crippen molar-refractivity contribution in [2.45, 2.75) is 30.9 Å². The second kappa shape index (κ2) is 12.6. The number of fused-ring (bicyclic) bond motifs is 3. The minimum absolute atomic E-state index is 0.0133. The van der Waals surface area contributed by atoms with Crippen LogP contribution in [-0.2, 0) is 26.6 Å². The van der Waals surface area contributed by atoms with Crippen LogP contribution in [-0.4, -0.2) is 93.8 Å². The standard InChI is InChI=1S/C23H28F6N6O5Si/c1-38-11-15(32-16-10-31-33-21(37)19(16)23(27,28)29)12-39-5-2-18(36)34-3-4-35-20-17(40-6-7-41(35)13-34)8-14(9-30-20)22(24,25)26/h8-10,15,41H,2-7,11-13H2,1H3,(H2,32,33,37)/t15-,41-/m0/s1. The third-order valence-electron chi connectivity index (χ3n) is 6.62. The lowest BCUT2D eigenvalue weighted by molar-refractivity contribution is -0.138. The average molecular weight is 611 g/mol. The highest BCUT2D eigenvalue weighted by Crippen LogP contribution is 2.37. The zero-order chi connectivity index (χ0) is 29.8. The molecule has 2 aromatic rings. The Morgan fingerprint density at radius 1 is 1.20 bits per heavy atom. The number of aromatic nitrogens is 3. The van der Waals surface area contributed by atoms with Gasteiger partial charge in [0.25, 0.3) is 5.56 Å². The fourth-order valence-electron chi connectivity index (χ4n) is 4.71. The van der Waals surface area contributed by atoms with E-state index in [0.717, 1.165) is 18.5 Å². The molecule has 0 spiro atoms. The molecule has 0 radical (unpaired) electrons. The van der Waals surface area contributed by atoms with E-state index >= 15 is 0 Å². The molecule has 4 heterocycles. The molecule has 2 atom stereocenters. The van der Waals surface area contributed by atoms with E-state index in [0.29, 0.717) is 31.1 Å². The van der Waals surface area contributed by atoms with E-state index in [2.05, 4.69) is 15.4 Å². The van der Waals surface area contributed by atoms with Gasteiger partial charge in [0.1, 0.15) is 5.56 Å². The molecular weight excluding hydrogens is 582 g/mol. The number of amides is 1. The van der Waals surface area contributed by atoms with Gasteiger partial charge in [0, 0.05) is 32.6 Å². The molecule has 0 aliphatic carbocycles. The van der Waals surface area contributed by atoms with Gasteiger partial charge in [-0.15, -0.1) is 0 Å². The predicted octanol–water partition coefficient (Wildman–Crippen LogP) is 2.04. The monoisotopic (exact) mass is 610 g/mol. The Balaban J connectivity index is 1.30. The highest BCUT2D eigenvalue weighted by Gasteiger charge is 2.39. The van der Waals surface area contributed by atoms with Gasteiger partial charge in [-0.25, -0.2) is 10.1 Å². The number of alkyl halides is 6. The average Bonchev–Trinajstić information content (AvgIpc) is 3.08. The molecule has 2 aromatic heterocycles. The van der Waals surface area contributed by atoms with Crippen LogP contribution < -0.4 is 20.2 Å². The van der Waals surface area contributed by atoms with Crippen LogP contribution in [0.25, 0.3) is 0 Å². The molecule has 2 aliphatic heterocycles. The maximum Gasteiger partial charge on any atom is 0.423 e. The summed E-state index contributed by atoms with van der Waals surface area (Å²) in [6, 6.07) is 0.794. The summed E-state index contributed by atoms with van der Waals surface area (Å²) in [6.07, 6.45) is -7.34. The van der Waals surface area contributed by atoms with Gasteiger partial charge in [-0.05, 0) is 12.1 Å². The molecule has 226 valence electrons. The highest BCUT2D eigenvalue weighted by molar-refractivity contribution is 6.64. The summed E-state index contributed by atoms with van der Waals surface area (Å²) in [6.45, 7) is 0.797. The largest absolute Gasteiger partial charge is 0.490 e. The molecule has 1 amide bonds. The first-order chi connectivity index (χ1) is 19.4. The summed E-state index contributed by atoms with van der Waals surface area (Å²) in [5.41, 5.74) is -4.22. The molecule has 1 saturated heterocycles. The normalized spacial score (nSPS) is 18.2. The number of H-pyrrole nitrogens is 1. The Hall–Kier alpha value is -3.38. The number of methoxy groups -OCH3 is 1. The molecule has 2 N–H and O–H groups in total. The summed E-state index contributed by atoms with van der Waals surface area (Å²) in [5.74, 6) is 0.265. The lowest BCUT2D eigenvalue weighted by atomic mass is 10.2. The molecule has 11 nitrogen and oxygen atoms in total. The number of hydrogen-bond donors (Lipinski definition) is 2. The SMILES string of the molecule is COC[C@@H](COCCC(=O)N1CCN2c3ncc(C(F)(F)F)cc3OCC[Si@H]2C1)Nc1cn[nH]c(=O)c1C(F)(F)F. The van der Waals surface area contributed by atoms with Crippen molar-refractivity contribution in [1.29, 1.82) is 0 Å². The van der Waals surface area contributed by atoms with Crippen LogP contribution in [0, 0.1) is 0 Å². The molecule has 4 rings (SSSR count). The zero-order valence-electron chi connectivity index (χ0n) is 21.8. The fraction of sp³-hybridized carbons (Fsp3) is 0.565. The van der Waals surface area contributed by atoms with E-state index in [4.69, 9.17) is 14.2 Å². The third-order valence-corrected chi connectivity index (χ3v) is 9.77. The first kappa shape index (κ1) is 30.6. The molecule has 0 unspecified atom stereocenters. The second-order valence-corrected chi connectivity index (χ2v) is 12.3. The van der Waals surface area contributed by atoms with Crippen molar-refractivity contribution in [3.63, 3.8) is 0 Å². The molecule has 41 heavy (non-hydrogen) atoms. The number of nitrogens with one attached hydrogen (secondary N) is 2. The van der Waals surface area contributed by atoms with Crippen molar-refractivity contribution >= 4 is 26.4 Å². The summed E-state index contributed by atoms with van der Waals surface area (Å²) in [5, 5.41) is 7.75. The van der Waals surface area contributed by atoms with Crippen molar-refractivity contribution in [2.24, 2.45) is 0 Å². The van der Waals surface area contributed by atoms with E-state index in [1.165, 1.54) is 7.11 Å². The van der Waals surface area contributed by atoms with Crippen molar-refractivity contribution in [3.8, 4) is 5.75 Å². The number of rotatable bonds is 9. The number of hydrogen-bond acceptors (Lipinski definition) is 9. The van der Waals surface area contributed by atoms with E-state index in [1.54, 1.807) is 10.00 Å². The first-order valence-electron chi connectivity index (χ1n) is 12.6. The quantitative estimate of drug-likeness (QED) is 0.250. The maximum atomic E-state index is 13.3. The van der Waals surface area contributed by atoms with Gasteiger partial charge >= 0.3 is 12.4 Å². The van der Waals surface area contributed by atoms with E-state index in [-0.39, 0.29) is 44.5 Å². The van der Waals surface area contributed by atoms with Crippen LogP contribution in [0.3, 0.4) is 0 Å². The molecule has 1 fully saturated rings. The Bertz CT molecular complexity index is 1280. The van der Waals surface area contributed by atoms with Crippen LogP contribution in [0.1, 0.15) is 17.5 Å². The lowest BCUT2D eigenvalue weighted by Gasteiger charge is -2.40. The van der Waals surface area contributed by atoms with Crippen molar-refractivity contribution in [2.75, 3.05) is 62.7 Å². The van der Waals surface area contributed by atoms with Crippen molar-refractivity contribution in [1.82, 2.24) is 20.1 Å². The van der Waals surface area contributed by atoms with E-state index < -0.39 is 49.7 Å². The lowest BCUT2D eigenvalue weighted by Crippen LogP contribution is -2.58. The van der Waals surface area contributed by atoms with Crippen molar-refractivity contribution in [3.05, 3.63) is 39.9 Å². The summed E-state index contributed by atoms with van der Waals surface area (Å²) < 4.78 is 97.4. The van der Waals surface area contributed by atoms with Gasteiger partial charge in [0.15, 0.2) is 20.5 Å². The zero-order valence-corrected chi connectivity index (χ0v) is 23.0. The highest BCUT2D eigenvalue weighted by atomic mass is 28.3. The Morgan fingerprint density at radius 2 is 1.98 bits per heavy atom. The summed E-state index contributed by atoms with van der Waals surface area (Å²) >= 11 is 0. The predicted molar refractivity (Wildman–Crippen MR) is 135 cm³/mol. The molecule has 18 heteroatoms. The number of carbonyl (C=O) groups is 1. The van der Waals surface area contributed by atoms with Gasteiger partial charge in [-0.2, -0.15) is 31.4 Å². The fourth-order valence-corrected chi connectivity index (χ4v) is 7.71. The van der Waals surface area contributed by atoms with Gasteiger partial charge in [-0.3, -0.25) is 9.59 Å². The van der Waals surface area contributed by atoms with E-state index in [9.17, 15) is 35.9 Å². The van der Waals surface area contributed by atoms with Crippen molar-refractivity contribution < 1.29 is 45.3 Å². The molecule has 0 saturated carbocycles. The summed E-state index contributed by atoms with van der Waals surface area (Å²) in [4.78, 5) is 30.3. The van der Waals surface area contributed by atoms with Gasteiger partial charge < -0.3 is 29.0 Å². The van der Waals surface area contributed by atoms with Crippen LogP contribution in [0.2, 0.25) is 6.04 Å². The minimum Gasteiger partial charge on any atom is -0.490 e. The number of anilines is 2. The van der Waals surface area contributed by atoms with Crippen LogP contribution >= 0.6 is 0 Å². The molecule has 2 aliphatic rings. The number of aromatic amines is 1. The molecular formula is C23H28F6N6O5Si.